The van der Waals surface area contributed by atoms with Crippen LogP contribution < -0.4 is 0 Å². The van der Waals surface area contributed by atoms with Gasteiger partial charge in [0.15, 0.2) is 5.82 Å². The van der Waals surface area contributed by atoms with E-state index < -0.39 is 12.1 Å². The minimum Gasteiger partial charge on any atom is -0.329 e. The van der Waals surface area contributed by atoms with E-state index in [-0.39, 0.29) is 11.2 Å². The quantitative estimate of drug-likeness (QED) is 0.514. The fourth-order valence-corrected chi connectivity index (χ4v) is 3.12. The molecule has 0 unspecified atom stereocenters. The number of aromatic nitrogens is 4. The molecule has 0 aliphatic rings. The summed E-state index contributed by atoms with van der Waals surface area (Å²) < 4.78 is 44.3. The summed E-state index contributed by atoms with van der Waals surface area (Å²) in [5.74, 6) is -0.443. The standard InChI is InChI=1S/C22H28F3N5O/c1-21(2,3)11-10-19-26-16-14-15(6-8-17(16)30(19)13-12-29(4)5)7-9-18-27-20(31-28-18)22(23,24)25/h6-9,14H,10-13H2,1-5H3/b9-7+. The Hall–Kier alpha value is -2.68. The van der Waals surface area contributed by atoms with Crippen molar-refractivity contribution in [3.8, 4) is 0 Å². The number of nitrogens with zero attached hydrogens (tertiary/aromatic N) is 5. The lowest BCUT2D eigenvalue weighted by Crippen LogP contribution is -2.20. The van der Waals surface area contributed by atoms with Crippen LogP contribution >= 0.6 is 0 Å². The fourth-order valence-electron chi connectivity index (χ4n) is 3.12. The Bertz CT molecular complexity index is 1060. The summed E-state index contributed by atoms with van der Waals surface area (Å²) in [5, 5.41) is 3.35. The van der Waals surface area contributed by atoms with Gasteiger partial charge in [-0.2, -0.15) is 18.2 Å². The van der Waals surface area contributed by atoms with Gasteiger partial charge in [0, 0.05) is 19.5 Å². The van der Waals surface area contributed by atoms with Gasteiger partial charge < -0.3 is 14.0 Å². The van der Waals surface area contributed by atoms with Crippen LogP contribution in [0.15, 0.2) is 22.7 Å². The normalized spacial score (nSPS) is 13.2. The molecule has 0 atom stereocenters. The highest BCUT2D eigenvalue weighted by Crippen LogP contribution is 2.28. The van der Waals surface area contributed by atoms with E-state index in [1.54, 1.807) is 6.08 Å². The molecule has 3 aromatic rings. The van der Waals surface area contributed by atoms with Gasteiger partial charge >= 0.3 is 12.1 Å². The number of rotatable bonds is 7. The zero-order valence-electron chi connectivity index (χ0n) is 18.5. The second kappa shape index (κ2) is 8.82. The third-order valence-electron chi connectivity index (χ3n) is 4.83. The van der Waals surface area contributed by atoms with Crippen LogP contribution in [0.25, 0.3) is 23.2 Å². The molecule has 168 valence electrons. The molecule has 0 amide bonds. The first-order valence-corrected chi connectivity index (χ1v) is 10.2. The molecule has 0 aliphatic heterocycles. The Morgan fingerprint density at radius 1 is 1.10 bits per heavy atom. The van der Waals surface area contributed by atoms with Crippen molar-refractivity contribution in [2.75, 3.05) is 20.6 Å². The molecular formula is C22H28F3N5O. The molecule has 3 rings (SSSR count). The van der Waals surface area contributed by atoms with E-state index in [9.17, 15) is 13.2 Å². The van der Waals surface area contributed by atoms with Crippen molar-refractivity contribution >= 4 is 23.2 Å². The Kier molecular flexibility index (Phi) is 6.54. The Balaban J connectivity index is 1.87. The first-order valence-electron chi connectivity index (χ1n) is 10.2. The Morgan fingerprint density at radius 2 is 1.84 bits per heavy atom. The third kappa shape index (κ3) is 6.16. The van der Waals surface area contributed by atoms with Crippen LogP contribution in [-0.2, 0) is 19.1 Å². The van der Waals surface area contributed by atoms with Crippen LogP contribution in [-0.4, -0.2) is 45.2 Å². The second-order valence-corrected chi connectivity index (χ2v) is 9.08. The number of imidazole rings is 1. The smallest absolute Gasteiger partial charge is 0.329 e. The molecule has 0 radical (unpaired) electrons. The molecule has 9 heteroatoms. The summed E-state index contributed by atoms with van der Waals surface area (Å²) in [4.78, 5) is 10.3. The number of alkyl halides is 3. The lowest BCUT2D eigenvalue weighted by molar-refractivity contribution is -0.159. The number of hydrogen-bond acceptors (Lipinski definition) is 5. The van der Waals surface area contributed by atoms with E-state index in [4.69, 9.17) is 4.98 Å². The Morgan fingerprint density at radius 3 is 2.45 bits per heavy atom. The molecule has 0 bridgehead atoms. The minimum atomic E-state index is -4.65. The molecule has 31 heavy (non-hydrogen) atoms. The highest BCUT2D eigenvalue weighted by atomic mass is 19.4. The van der Waals surface area contributed by atoms with Gasteiger partial charge in [0.2, 0.25) is 0 Å². The average molecular weight is 435 g/mol. The minimum absolute atomic E-state index is 0.130. The van der Waals surface area contributed by atoms with Gasteiger partial charge in [-0.25, -0.2) is 4.98 Å². The first kappa shape index (κ1) is 23.0. The predicted molar refractivity (Wildman–Crippen MR) is 114 cm³/mol. The van der Waals surface area contributed by atoms with Crippen molar-refractivity contribution in [1.29, 1.82) is 0 Å². The molecule has 2 heterocycles. The van der Waals surface area contributed by atoms with E-state index in [2.05, 4.69) is 44.9 Å². The maximum absolute atomic E-state index is 12.6. The monoisotopic (exact) mass is 435 g/mol. The van der Waals surface area contributed by atoms with E-state index in [1.165, 1.54) is 6.08 Å². The van der Waals surface area contributed by atoms with Gasteiger partial charge in [-0.15, -0.1) is 0 Å². The van der Waals surface area contributed by atoms with Crippen LogP contribution in [0.2, 0.25) is 0 Å². The SMILES string of the molecule is CN(C)CCn1c(CCC(C)(C)C)nc2cc(/C=C/c3noc(C(F)(F)F)n3)ccc21. The highest BCUT2D eigenvalue weighted by Gasteiger charge is 2.38. The van der Waals surface area contributed by atoms with E-state index in [0.29, 0.717) is 0 Å². The Labute approximate surface area is 179 Å². The van der Waals surface area contributed by atoms with Crippen molar-refractivity contribution in [2.24, 2.45) is 5.41 Å². The van der Waals surface area contributed by atoms with Crippen molar-refractivity contribution in [1.82, 2.24) is 24.6 Å². The zero-order valence-corrected chi connectivity index (χ0v) is 18.5. The van der Waals surface area contributed by atoms with Crippen molar-refractivity contribution in [3.63, 3.8) is 0 Å². The summed E-state index contributed by atoms with van der Waals surface area (Å²) in [7, 11) is 4.08. The number of likely N-dealkylation sites (N-methyl/N-ethyl adjacent to an activating group) is 1. The van der Waals surface area contributed by atoms with Crippen LogP contribution in [0.1, 0.15) is 50.3 Å². The first-order chi connectivity index (χ1) is 14.4. The van der Waals surface area contributed by atoms with Gasteiger partial charge in [-0.1, -0.05) is 38.1 Å². The van der Waals surface area contributed by atoms with Gasteiger partial charge in [0.25, 0.3) is 0 Å². The van der Waals surface area contributed by atoms with E-state index in [0.717, 1.165) is 48.4 Å². The van der Waals surface area contributed by atoms with Crippen molar-refractivity contribution in [3.05, 3.63) is 41.3 Å². The maximum atomic E-state index is 12.6. The summed E-state index contributed by atoms with van der Waals surface area (Å²) in [6.45, 7) is 8.37. The van der Waals surface area contributed by atoms with E-state index in [1.807, 2.05) is 32.3 Å². The predicted octanol–water partition coefficient (Wildman–Crippen LogP) is 5.15. The molecule has 0 saturated carbocycles. The molecule has 1 aromatic carbocycles. The van der Waals surface area contributed by atoms with Crippen LogP contribution in [0.3, 0.4) is 0 Å². The summed E-state index contributed by atoms with van der Waals surface area (Å²) in [6, 6.07) is 5.82. The topological polar surface area (TPSA) is 60.0 Å². The van der Waals surface area contributed by atoms with Gasteiger partial charge in [0.05, 0.1) is 11.0 Å². The molecule has 2 aromatic heterocycles. The third-order valence-corrected chi connectivity index (χ3v) is 4.83. The average Bonchev–Trinajstić information content (AvgIpc) is 3.26. The number of fused-ring (bicyclic) bond motifs is 1. The maximum Gasteiger partial charge on any atom is 0.471 e. The van der Waals surface area contributed by atoms with Crippen LogP contribution in [0, 0.1) is 5.41 Å². The summed E-state index contributed by atoms with van der Waals surface area (Å²) >= 11 is 0. The van der Waals surface area contributed by atoms with Crippen LogP contribution in [0.4, 0.5) is 13.2 Å². The highest BCUT2D eigenvalue weighted by molar-refractivity contribution is 5.81. The van der Waals surface area contributed by atoms with Crippen molar-refractivity contribution < 1.29 is 17.7 Å². The molecule has 6 nitrogen and oxygen atoms in total. The van der Waals surface area contributed by atoms with Crippen LogP contribution in [0.5, 0.6) is 0 Å². The molecule has 0 N–H and O–H groups in total. The second-order valence-electron chi connectivity index (χ2n) is 9.08. The van der Waals surface area contributed by atoms with Gasteiger partial charge in [-0.05, 0) is 49.7 Å². The molecule has 0 saturated heterocycles. The summed E-state index contributed by atoms with van der Waals surface area (Å²) in [5.41, 5.74) is 2.90. The molecule has 0 fully saturated rings. The molecule has 0 aliphatic carbocycles. The van der Waals surface area contributed by atoms with E-state index >= 15 is 0 Å². The number of benzene rings is 1. The van der Waals surface area contributed by atoms with Crippen molar-refractivity contribution in [2.45, 2.75) is 46.3 Å². The van der Waals surface area contributed by atoms with Gasteiger partial charge in [-0.3, -0.25) is 0 Å². The number of halogens is 3. The lowest BCUT2D eigenvalue weighted by Gasteiger charge is -2.18. The lowest BCUT2D eigenvalue weighted by atomic mass is 9.90. The zero-order chi connectivity index (χ0) is 22.8. The largest absolute Gasteiger partial charge is 0.471 e. The number of hydrogen-bond donors (Lipinski definition) is 0. The summed E-state index contributed by atoms with van der Waals surface area (Å²) in [6.07, 6.45) is 0.284. The molecule has 0 spiro atoms. The fraction of sp³-hybridized carbons (Fsp3) is 0.500. The molecular weight excluding hydrogens is 407 g/mol. The number of aryl methyl sites for hydroxylation is 1. The van der Waals surface area contributed by atoms with Gasteiger partial charge in [0.1, 0.15) is 5.82 Å².